The van der Waals surface area contributed by atoms with Crippen LogP contribution in [-0.2, 0) is 20.9 Å². The van der Waals surface area contributed by atoms with Gasteiger partial charge in [0.2, 0.25) is 0 Å². The molecule has 0 radical (unpaired) electrons. The van der Waals surface area contributed by atoms with Crippen LogP contribution in [0, 0.1) is 0 Å². The number of carbonyl (C=O) groups is 2. The maximum atomic E-state index is 12.9. The zero-order chi connectivity index (χ0) is 20.9. The van der Waals surface area contributed by atoms with Gasteiger partial charge in [0.15, 0.2) is 0 Å². The maximum absolute atomic E-state index is 12.9. The first-order valence-corrected chi connectivity index (χ1v) is 10.5. The van der Waals surface area contributed by atoms with Crippen LogP contribution >= 0.6 is 0 Å². The summed E-state index contributed by atoms with van der Waals surface area (Å²) in [6.45, 7) is 3.44. The van der Waals surface area contributed by atoms with Crippen LogP contribution in [0.15, 0.2) is 48.5 Å². The van der Waals surface area contributed by atoms with Gasteiger partial charge >= 0.3 is 0 Å². The Kier molecular flexibility index (Phi) is 6.45. The number of hydrogen-bond donors (Lipinski definition) is 0. The van der Waals surface area contributed by atoms with E-state index in [1.807, 2.05) is 46.2 Å². The minimum absolute atomic E-state index is 0.0101. The van der Waals surface area contributed by atoms with Gasteiger partial charge in [-0.05, 0) is 41.7 Å². The van der Waals surface area contributed by atoms with Crippen molar-refractivity contribution in [1.29, 1.82) is 0 Å². The molecule has 2 aliphatic heterocycles. The van der Waals surface area contributed by atoms with Crippen LogP contribution in [0.2, 0.25) is 0 Å². The van der Waals surface area contributed by atoms with Crippen LogP contribution in [0.25, 0.3) is 11.1 Å². The second-order valence-electron chi connectivity index (χ2n) is 7.79. The van der Waals surface area contributed by atoms with Gasteiger partial charge in [-0.2, -0.15) is 0 Å². The summed E-state index contributed by atoms with van der Waals surface area (Å²) in [5, 5.41) is 0. The highest BCUT2D eigenvalue weighted by Gasteiger charge is 2.31. The van der Waals surface area contributed by atoms with E-state index in [1.165, 1.54) is 0 Å². The van der Waals surface area contributed by atoms with E-state index in [2.05, 4.69) is 12.1 Å². The van der Waals surface area contributed by atoms with Gasteiger partial charge in [-0.25, -0.2) is 0 Å². The summed E-state index contributed by atoms with van der Waals surface area (Å²) in [4.78, 5) is 29.1. The minimum atomic E-state index is -0.291. The van der Waals surface area contributed by atoms with Crippen molar-refractivity contribution in [2.45, 2.75) is 25.6 Å². The molecule has 4 rings (SSSR count). The Hall–Kier alpha value is -2.70. The SMILES string of the molecule is COCc1ccccc1-c1ccc(C(=O)N2CCN(C(=O)[C@@H]3CCCO3)CC2)cc1. The van der Waals surface area contributed by atoms with Crippen LogP contribution < -0.4 is 0 Å². The number of benzene rings is 2. The molecule has 30 heavy (non-hydrogen) atoms. The first-order valence-electron chi connectivity index (χ1n) is 10.5. The normalized spacial score (nSPS) is 19.2. The van der Waals surface area contributed by atoms with Crippen LogP contribution in [0.4, 0.5) is 0 Å². The van der Waals surface area contributed by atoms with Crippen molar-refractivity contribution in [3.8, 4) is 11.1 Å². The van der Waals surface area contributed by atoms with Gasteiger partial charge < -0.3 is 19.3 Å². The summed E-state index contributed by atoms with van der Waals surface area (Å²) in [5.41, 5.74) is 3.96. The largest absolute Gasteiger partial charge is 0.380 e. The van der Waals surface area contributed by atoms with Crippen LogP contribution in [0.3, 0.4) is 0 Å². The highest BCUT2D eigenvalue weighted by molar-refractivity contribution is 5.95. The number of nitrogens with zero attached hydrogens (tertiary/aromatic N) is 2. The molecule has 158 valence electrons. The standard InChI is InChI=1S/C24H28N2O4/c1-29-17-20-5-2-3-6-21(20)18-8-10-19(11-9-18)23(27)25-12-14-26(15-13-25)24(28)22-7-4-16-30-22/h2-3,5-6,8-11,22H,4,7,12-17H2,1H3/t22-/m0/s1. The average Bonchev–Trinajstić information content (AvgIpc) is 3.34. The lowest BCUT2D eigenvalue weighted by Gasteiger charge is -2.35. The van der Waals surface area contributed by atoms with Crippen molar-refractivity contribution >= 4 is 11.8 Å². The Labute approximate surface area is 177 Å². The van der Waals surface area contributed by atoms with Gasteiger partial charge in [0.05, 0.1) is 6.61 Å². The number of ether oxygens (including phenoxy) is 2. The lowest BCUT2D eigenvalue weighted by atomic mass is 9.99. The molecule has 0 aromatic heterocycles. The Balaban J connectivity index is 1.38. The lowest BCUT2D eigenvalue weighted by Crippen LogP contribution is -2.52. The van der Waals surface area contributed by atoms with Crippen molar-refractivity contribution in [2.24, 2.45) is 0 Å². The average molecular weight is 408 g/mol. The predicted octanol–water partition coefficient (Wildman–Crippen LogP) is 2.96. The third-order valence-electron chi connectivity index (χ3n) is 5.84. The van der Waals surface area contributed by atoms with Crippen molar-refractivity contribution in [3.63, 3.8) is 0 Å². The minimum Gasteiger partial charge on any atom is -0.380 e. The zero-order valence-corrected chi connectivity index (χ0v) is 17.4. The third-order valence-corrected chi connectivity index (χ3v) is 5.84. The summed E-state index contributed by atoms with van der Waals surface area (Å²) in [6.07, 6.45) is 1.46. The highest BCUT2D eigenvalue weighted by atomic mass is 16.5. The fraction of sp³-hybridized carbons (Fsp3) is 0.417. The van der Waals surface area contributed by atoms with Crippen molar-refractivity contribution in [2.75, 3.05) is 39.9 Å². The van der Waals surface area contributed by atoms with Crippen LogP contribution in [0.1, 0.15) is 28.8 Å². The molecule has 0 aliphatic carbocycles. The van der Waals surface area contributed by atoms with Gasteiger partial charge in [-0.1, -0.05) is 36.4 Å². The fourth-order valence-electron chi connectivity index (χ4n) is 4.16. The predicted molar refractivity (Wildman–Crippen MR) is 114 cm³/mol. The number of carbonyl (C=O) groups excluding carboxylic acids is 2. The van der Waals surface area contributed by atoms with Crippen LogP contribution in [-0.4, -0.2) is 67.6 Å². The molecule has 1 atom stereocenters. The lowest BCUT2D eigenvalue weighted by molar-refractivity contribution is -0.142. The Morgan fingerprint density at radius 1 is 1.00 bits per heavy atom. The van der Waals surface area contributed by atoms with Gasteiger partial charge in [-0.3, -0.25) is 9.59 Å². The quantitative estimate of drug-likeness (QED) is 0.763. The van der Waals surface area contributed by atoms with Gasteiger partial charge in [0.1, 0.15) is 6.10 Å². The smallest absolute Gasteiger partial charge is 0.253 e. The first-order chi connectivity index (χ1) is 14.7. The molecule has 0 spiro atoms. The molecular weight excluding hydrogens is 380 g/mol. The third kappa shape index (κ3) is 4.40. The summed E-state index contributed by atoms with van der Waals surface area (Å²) in [7, 11) is 1.69. The molecule has 2 fully saturated rings. The molecule has 2 heterocycles. The van der Waals surface area contributed by atoms with Crippen LogP contribution in [0.5, 0.6) is 0 Å². The summed E-state index contributed by atoms with van der Waals surface area (Å²) < 4.78 is 10.8. The van der Waals surface area contributed by atoms with Gasteiger partial charge in [0.25, 0.3) is 11.8 Å². The van der Waals surface area contributed by atoms with Gasteiger partial charge in [-0.15, -0.1) is 0 Å². The number of piperazine rings is 1. The molecular formula is C24H28N2O4. The van der Waals surface area contributed by atoms with Crippen molar-refractivity contribution < 1.29 is 19.1 Å². The van der Waals surface area contributed by atoms with E-state index in [0.717, 1.165) is 29.5 Å². The number of hydrogen-bond acceptors (Lipinski definition) is 4. The second kappa shape index (κ2) is 9.41. The molecule has 0 N–H and O–H groups in total. The number of methoxy groups -OCH3 is 1. The number of amides is 2. The monoisotopic (exact) mass is 408 g/mol. The number of rotatable bonds is 5. The van der Waals surface area contributed by atoms with Crippen molar-refractivity contribution in [3.05, 3.63) is 59.7 Å². The Morgan fingerprint density at radius 3 is 2.37 bits per heavy atom. The molecule has 2 saturated heterocycles. The summed E-state index contributed by atoms with van der Waals surface area (Å²) in [5.74, 6) is 0.0784. The van der Waals surface area contributed by atoms with E-state index in [0.29, 0.717) is 45.0 Å². The molecule has 0 unspecified atom stereocenters. The van der Waals surface area contributed by atoms with E-state index < -0.39 is 0 Å². The maximum Gasteiger partial charge on any atom is 0.253 e. The summed E-state index contributed by atoms with van der Waals surface area (Å²) >= 11 is 0. The fourth-order valence-corrected chi connectivity index (χ4v) is 4.16. The first kappa shape index (κ1) is 20.6. The van der Waals surface area contributed by atoms with E-state index in [-0.39, 0.29) is 17.9 Å². The topological polar surface area (TPSA) is 59.1 Å². The van der Waals surface area contributed by atoms with E-state index in [9.17, 15) is 9.59 Å². The molecule has 6 heteroatoms. The van der Waals surface area contributed by atoms with Crippen molar-refractivity contribution in [1.82, 2.24) is 9.80 Å². The zero-order valence-electron chi connectivity index (χ0n) is 17.4. The van der Waals surface area contributed by atoms with Gasteiger partial charge in [0, 0.05) is 45.5 Å². The molecule has 2 aromatic rings. The van der Waals surface area contributed by atoms with E-state index >= 15 is 0 Å². The molecule has 0 bridgehead atoms. The Morgan fingerprint density at radius 2 is 1.70 bits per heavy atom. The van der Waals surface area contributed by atoms with E-state index in [4.69, 9.17) is 9.47 Å². The van der Waals surface area contributed by atoms with E-state index in [1.54, 1.807) is 7.11 Å². The molecule has 6 nitrogen and oxygen atoms in total. The highest BCUT2D eigenvalue weighted by Crippen LogP contribution is 2.25. The second-order valence-corrected chi connectivity index (χ2v) is 7.79. The molecule has 0 saturated carbocycles. The summed E-state index contributed by atoms with van der Waals surface area (Å²) in [6, 6.07) is 15.9. The molecule has 2 amide bonds. The molecule has 2 aliphatic rings. The Bertz CT molecular complexity index is 882. The molecule has 2 aromatic carbocycles.